The zero-order chi connectivity index (χ0) is 15.0. The Hall–Kier alpha value is -1.31. The molecule has 1 aromatic carbocycles. The van der Waals surface area contributed by atoms with Gasteiger partial charge in [-0.25, -0.2) is 8.78 Å². The third-order valence-electron chi connectivity index (χ3n) is 3.75. The summed E-state index contributed by atoms with van der Waals surface area (Å²) in [5.41, 5.74) is 1.46. The number of carbonyl (C=O) groups excluding carboxylic acids is 1. The van der Waals surface area contributed by atoms with Crippen LogP contribution >= 0.6 is 24.8 Å². The van der Waals surface area contributed by atoms with Crippen LogP contribution in [0.5, 0.6) is 5.75 Å². The summed E-state index contributed by atoms with van der Waals surface area (Å²) in [6.07, 6.45) is -0.465. The smallest absolute Gasteiger partial charge is 0.262 e. The number of nitrogens with one attached hydrogen (secondary N) is 2. The van der Waals surface area contributed by atoms with Crippen LogP contribution in [-0.2, 0) is 4.79 Å². The summed E-state index contributed by atoms with van der Waals surface area (Å²) in [5.74, 6) is -2.50. The van der Waals surface area contributed by atoms with Crippen LogP contribution in [0, 0.1) is 0 Å². The van der Waals surface area contributed by atoms with Gasteiger partial charge in [-0.3, -0.25) is 10.1 Å². The van der Waals surface area contributed by atoms with Gasteiger partial charge in [-0.1, -0.05) is 0 Å². The van der Waals surface area contributed by atoms with Crippen LogP contribution < -0.4 is 20.3 Å². The Morgan fingerprint density at radius 3 is 2.83 bits per heavy atom. The second kappa shape index (κ2) is 7.51. The van der Waals surface area contributed by atoms with Gasteiger partial charge in [-0.05, 0) is 18.2 Å². The maximum absolute atomic E-state index is 13.1. The first-order valence-corrected chi connectivity index (χ1v) is 6.85. The number of amides is 1. The predicted molar refractivity (Wildman–Crippen MR) is 89.7 cm³/mol. The molecule has 1 saturated heterocycles. The molecule has 23 heavy (non-hydrogen) atoms. The number of rotatable bonds is 2. The molecule has 1 atom stereocenters. The average Bonchev–Trinajstić information content (AvgIpc) is 2.80. The third kappa shape index (κ3) is 4.37. The molecular weight excluding hydrogens is 351 g/mol. The molecule has 0 bridgehead atoms. The summed E-state index contributed by atoms with van der Waals surface area (Å²) in [4.78, 5) is 14.0. The number of halogens is 4. The van der Waals surface area contributed by atoms with Crippen molar-refractivity contribution in [1.82, 2.24) is 5.32 Å². The first-order valence-electron chi connectivity index (χ1n) is 6.85. The fourth-order valence-electron chi connectivity index (χ4n) is 2.56. The lowest BCUT2D eigenvalue weighted by Gasteiger charge is -2.28. The number of likely N-dealkylation sites (N-methyl/N-ethyl adjacent to an activating group) is 1. The van der Waals surface area contributed by atoms with Gasteiger partial charge in [0.15, 0.2) is 0 Å². The van der Waals surface area contributed by atoms with Crippen LogP contribution in [0.2, 0.25) is 0 Å². The van der Waals surface area contributed by atoms with Gasteiger partial charge in [0, 0.05) is 19.2 Å². The van der Waals surface area contributed by atoms with Crippen molar-refractivity contribution in [2.24, 2.45) is 0 Å². The minimum Gasteiger partial charge on any atom is -0.490 e. The number of anilines is 2. The van der Waals surface area contributed by atoms with E-state index in [1.165, 1.54) is 0 Å². The Bertz CT molecular complexity index is 575. The summed E-state index contributed by atoms with van der Waals surface area (Å²) < 4.78 is 31.7. The molecule has 0 spiro atoms. The fourth-order valence-corrected chi connectivity index (χ4v) is 2.56. The van der Waals surface area contributed by atoms with E-state index in [0.29, 0.717) is 12.3 Å². The first kappa shape index (κ1) is 19.7. The molecule has 3 rings (SSSR count). The van der Waals surface area contributed by atoms with Gasteiger partial charge in [-0.2, -0.15) is 0 Å². The molecule has 2 aliphatic rings. The van der Waals surface area contributed by atoms with Crippen molar-refractivity contribution in [2.75, 3.05) is 37.0 Å². The van der Waals surface area contributed by atoms with Crippen molar-refractivity contribution in [1.29, 1.82) is 0 Å². The van der Waals surface area contributed by atoms with Crippen LogP contribution in [-0.4, -0.2) is 44.6 Å². The standard InChI is InChI=1S/C14H17F2N3O2.2ClH/c1-19-4-5-21-12-3-2-9(6-11(12)19)18-13(20)10-7-14(15,16)8-17-10;;/h2-3,6,10,17H,4-5,7-8H2,1H3,(H,18,20);2*1H. The minimum atomic E-state index is -2.81. The number of alkyl halides is 2. The van der Waals surface area contributed by atoms with Crippen molar-refractivity contribution >= 4 is 42.1 Å². The van der Waals surface area contributed by atoms with Crippen molar-refractivity contribution in [3.05, 3.63) is 18.2 Å². The molecule has 1 fully saturated rings. The number of fused-ring (bicyclic) bond motifs is 1. The van der Waals surface area contributed by atoms with Crippen LogP contribution in [0.25, 0.3) is 0 Å². The second-order valence-corrected chi connectivity index (χ2v) is 5.44. The van der Waals surface area contributed by atoms with E-state index in [-0.39, 0.29) is 24.8 Å². The lowest BCUT2D eigenvalue weighted by Crippen LogP contribution is -2.35. The number of carbonyl (C=O) groups is 1. The molecule has 0 radical (unpaired) electrons. The van der Waals surface area contributed by atoms with Gasteiger partial charge >= 0.3 is 0 Å². The molecule has 2 heterocycles. The van der Waals surface area contributed by atoms with Crippen LogP contribution in [0.4, 0.5) is 20.2 Å². The van der Waals surface area contributed by atoms with Gasteiger partial charge in [-0.15, -0.1) is 24.8 Å². The summed E-state index contributed by atoms with van der Waals surface area (Å²) in [7, 11) is 1.94. The van der Waals surface area contributed by atoms with Gasteiger partial charge in [0.2, 0.25) is 5.91 Å². The molecule has 2 aliphatic heterocycles. The lowest BCUT2D eigenvalue weighted by molar-refractivity contribution is -0.118. The largest absolute Gasteiger partial charge is 0.490 e. The van der Waals surface area contributed by atoms with E-state index in [1.54, 1.807) is 18.2 Å². The summed E-state index contributed by atoms with van der Waals surface area (Å²) >= 11 is 0. The Morgan fingerprint density at radius 1 is 1.43 bits per heavy atom. The molecule has 130 valence electrons. The summed E-state index contributed by atoms with van der Waals surface area (Å²) in [6, 6.07) is 4.42. The topological polar surface area (TPSA) is 53.6 Å². The van der Waals surface area contributed by atoms with Gasteiger partial charge in [0.05, 0.1) is 24.8 Å². The normalized spacial score (nSPS) is 21.3. The van der Waals surface area contributed by atoms with E-state index in [2.05, 4.69) is 10.6 Å². The summed E-state index contributed by atoms with van der Waals surface area (Å²) in [5, 5.41) is 5.22. The highest BCUT2D eigenvalue weighted by Crippen LogP contribution is 2.33. The molecule has 2 N–H and O–H groups in total. The SMILES string of the molecule is CN1CCOc2ccc(NC(=O)C3CC(F)(F)CN3)cc21.Cl.Cl. The van der Waals surface area contributed by atoms with Gasteiger partial charge in [0.1, 0.15) is 12.4 Å². The molecular formula is C14H19Cl2F2N3O2. The Kier molecular flexibility index (Phi) is 6.44. The van der Waals surface area contributed by atoms with E-state index in [1.807, 2.05) is 11.9 Å². The van der Waals surface area contributed by atoms with E-state index < -0.39 is 30.8 Å². The zero-order valence-electron chi connectivity index (χ0n) is 12.5. The first-order chi connectivity index (χ1) is 9.94. The van der Waals surface area contributed by atoms with E-state index >= 15 is 0 Å². The fraction of sp³-hybridized carbons (Fsp3) is 0.500. The van der Waals surface area contributed by atoms with Crippen LogP contribution in [0.3, 0.4) is 0 Å². The molecule has 1 amide bonds. The number of ether oxygens (including phenoxy) is 1. The third-order valence-corrected chi connectivity index (χ3v) is 3.75. The number of hydrogen-bond acceptors (Lipinski definition) is 4. The quantitative estimate of drug-likeness (QED) is 0.839. The molecule has 5 nitrogen and oxygen atoms in total. The molecule has 9 heteroatoms. The predicted octanol–water partition coefficient (Wildman–Crippen LogP) is 2.29. The number of hydrogen-bond donors (Lipinski definition) is 2. The monoisotopic (exact) mass is 369 g/mol. The number of nitrogens with zero attached hydrogens (tertiary/aromatic N) is 1. The lowest BCUT2D eigenvalue weighted by atomic mass is 10.1. The Labute approximate surface area is 145 Å². The molecule has 0 saturated carbocycles. The van der Waals surface area contributed by atoms with Crippen molar-refractivity contribution < 1.29 is 18.3 Å². The highest BCUT2D eigenvalue weighted by molar-refractivity contribution is 5.95. The van der Waals surface area contributed by atoms with Crippen molar-refractivity contribution in [2.45, 2.75) is 18.4 Å². The van der Waals surface area contributed by atoms with Crippen molar-refractivity contribution in [3.63, 3.8) is 0 Å². The highest BCUT2D eigenvalue weighted by Gasteiger charge is 2.42. The van der Waals surface area contributed by atoms with Crippen LogP contribution in [0.15, 0.2) is 18.2 Å². The maximum Gasteiger partial charge on any atom is 0.262 e. The summed E-state index contributed by atoms with van der Waals surface area (Å²) in [6.45, 7) is 0.933. The Morgan fingerprint density at radius 2 is 2.17 bits per heavy atom. The van der Waals surface area contributed by atoms with Gasteiger partial charge < -0.3 is 15.0 Å². The zero-order valence-corrected chi connectivity index (χ0v) is 14.1. The molecule has 1 aromatic rings. The van der Waals surface area contributed by atoms with E-state index in [4.69, 9.17) is 4.74 Å². The molecule has 0 aliphatic carbocycles. The second-order valence-electron chi connectivity index (χ2n) is 5.44. The molecule has 1 unspecified atom stereocenters. The minimum absolute atomic E-state index is 0. The maximum atomic E-state index is 13.1. The highest BCUT2D eigenvalue weighted by atomic mass is 35.5. The Balaban J connectivity index is 0.00000132. The van der Waals surface area contributed by atoms with E-state index in [9.17, 15) is 13.6 Å². The van der Waals surface area contributed by atoms with E-state index in [0.717, 1.165) is 18.0 Å². The average molecular weight is 370 g/mol. The van der Waals surface area contributed by atoms with Gasteiger partial charge in [0.25, 0.3) is 5.92 Å². The molecule has 0 aromatic heterocycles. The van der Waals surface area contributed by atoms with Crippen molar-refractivity contribution in [3.8, 4) is 5.75 Å². The number of benzene rings is 1. The van der Waals surface area contributed by atoms with Crippen LogP contribution in [0.1, 0.15) is 6.42 Å².